The van der Waals surface area contributed by atoms with Crippen LogP contribution >= 0.6 is 46.4 Å². The lowest BCUT2D eigenvalue weighted by Crippen LogP contribution is -2.29. The quantitative estimate of drug-likeness (QED) is 0.221. The summed E-state index contributed by atoms with van der Waals surface area (Å²) in [6.45, 7) is 0. The number of ketones is 1. The van der Waals surface area contributed by atoms with Crippen LogP contribution < -0.4 is 9.64 Å². The summed E-state index contributed by atoms with van der Waals surface area (Å²) in [6, 6.07) is 12.1. The molecule has 1 amide bonds. The van der Waals surface area contributed by atoms with Gasteiger partial charge in [0.25, 0.3) is 11.7 Å². The molecule has 1 aliphatic rings. The third-order valence-corrected chi connectivity index (χ3v) is 6.61. The normalized spacial score (nSPS) is 17.3. The molecular weight excluding hydrogens is 524 g/mol. The number of methoxy groups -OCH3 is 1. The number of carbonyl (C=O) groups is 2. The van der Waals surface area contributed by atoms with E-state index in [-0.39, 0.29) is 42.7 Å². The Hall–Kier alpha value is -2.90. The van der Waals surface area contributed by atoms with E-state index >= 15 is 0 Å². The van der Waals surface area contributed by atoms with Crippen molar-refractivity contribution in [3.05, 3.63) is 91.4 Å². The van der Waals surface area contributed by atoms with Crippen LogP contribution in [-0.2, 0) is 9.59 Å². The summed E-state index contributed by atoms with van der Waals surface area (Å²) in [6.07, 6.45) is 0. The molecule has 4 rings (SSSR count). The first kappa shape index (κ1) is 24.2. The maximum atomic E-state index is 13.2. The highest BCUT2D eigenvalue weighted by molar-refractivity contribution is 6.52. The fourth-order valence-corrected chi connectivity index (χ4v) is 4.69. The van der Waals surface area contributed by atoms with Crippen LogP contribution in [0.2, 0.25) is 20.1 Å². The molecule has 0 spiro atoms. The zero-order valence-corrected chi connectivity index (χ0v) is 20.4. The van der Waals surface area contributed by atoms with Crippen molar-refractivity contribution >= 4 is 69.5 Å². The van der Waals surface area contributed by atoms with E-state index < -0.39 is 23.5 Å². The van der Waals surface area contributed by atoms with Gasteiger partial charge in [0.2, 0.25) is 0 Å². The summed E-state index contributed by atoms with van der Waals surface area (Å²) in [5.74, 6) is -2.10. The number of halogens is 4. The second kappa shape index (κ2) is 9.39. The van der Waals surface area contributed by atoms with Gasteiger partial charge in [-0.2, -0.15) is 0 Å². The zero-order chi connectivity index (χ0) is 24.7. The fraction of sp³-hybridized carbons (Fsp3) is 0.0833. The van der Waals surface area contributed by atoms with E-state index in [1.165, 1.54) is 66.6 Å². The number of hydrogen-bond acceptors (Lipinski definition) is 5. The molecule has 1 heterocycles. The van der Waals surface area contributed by atoms with Crippen LogP contribution in [-0.4, -0.2) is 29.0 Å². The maximum absolute atomic E-state index is 13.2. The van der Waals surface area contributed by atoms with E-state index in [1.54, 1.807) is 0 Å². The van der Waals surface area contributed by atoms with E-state index in [4.69, 9.17) is 51.1 Å². The number of nitrogens with zero attached hydrogens (tertiary/aromatic N) is 1. The van der Waals surface area contributed by atoms with Crippen molar-refractivity contribution in [2.75, 3.05) is 12.0 Å². The topological polar surface area (TPSA) is 87.1 Å². The fourth-order valence-electron chi connectivity index (χ4n) is 3.75. The van der Waals surface area contributed by atoms with Crippen LogP contribution in [0.5, 0.6) is 11.5 Å². The summed E-state index contributed by atoms with van der Waals surface area (Å²) in [5, 5.41) is 21.6. The lowest BCUT2D eigenvalue weighted by Gasteiger charge is -2.26. The standard InChI is InChI=1S/C24H15Cl4NO5/c1-34-23-17(27)8-12(9-18(23)28)21(31)19-20(11-2-5-14(30)6-3-11)29(24(33)22(19)32)13-4-7-15(25)16(26)10-13/h2-10,20,30-31H,1H3/b21-19+. The Morgan fingerprint density at radius 2 is 1.50 bits per heavy atom. The van der Waals surface area contributed by atoms with Crippen molar-refractivity contribution in [2.24, 2.45) is 0 Å². The van der Waals surface area contributed by atoms with E-state index in [0.717, 1.165) is 0 Å². The summed E-state index contributed by atoms with van der Waals surface area (Å²) in [7, 11) is 1.39. The molecule has 6 nitrogen and oxygen atoms in total. The van der Waals surface area contributed by atoms with Gasteiger partial charge in [0.15, 0.2) is 5.75 Å². The first-order chi connectivity index (χ1) is 16.1. The number of aliphatic hydroxyl groups excluding tert-OH is 1. The summed E-state index contributed by atoms with van der Waals surface area (Å²) in [4.78, 5) is 27.6. The number of ether oxygens (including phenoxy) is 1. The summed E-state index contributed by atoms with van der Waals surface area (Å²) < 4.78 is 5.13. The Balaban J connectivity index is 1.97. The number of hydrogen-bond donors (Lipinski definition) is 2. The Morgan fingerprint density at radius 1 is 0.882 bits per heavy atom. The molecule has 10 heteroatoms. The largest absolute Gasteiger partial charge is 0.508 e. The number of aliphatic hydroxyl groups is 1. The number of phenols is 1. The van der Waals surface area contributed by atoms with Crippen molar-refractivity contribution in [1.82, 2.24) is 0 Å². The number of aromatic hydroxyl groups is 1. The average Bonchev–Trinajstić information content (AvgIpc) is 3.06. The molecule has 1 fully saturated rings. The van der Waals surface area contributed by atoms with Gasteiger partial charge in [-0.25, -0.2) is 0 Å². The molecule has 1 aliphatic heterocycles. The van der Waals surface area contributed by atoms with Crippen LogP contribution in [0.3, 0.4) is 0 Å². The highest BCUT2D eigenvalue weighted by Gasteiger charge is 2.47. The number of anilines is 1. The Bertz CT molecular complexity index is 1330. The third kappa shape index (κ3) is 4.18. The molecule has 0 radical (unpaired) electrons. The highest BCUT2D eigenvalue weighted by Crippen LogP contribution is 2.44. The number of rotatable bonds is 4. The number of carbonyl (C=O) groups excluding carboxylic acids is 2. The highest BCUT2D eigenvalue weighted by atomic mass is 35.5. The number of Topliss-reactive ketones (excluding diaryl/α,β-unsaturated/α-hetero) is 1. The van der Waals surface area contributed by atoms with Gasteiger partial charge in [-0.05, 0) is 48.0 Å². The first-order valence-electron chi connectivity index (χ1n) is 9.72. The van der Waals surface area contributed by atoms with Gasteiger partial charge in [-0.1, -0.05) is 58.5 Å². The number of amides is 1. The van der Waals surface area contributed by atoms with Crippen molar-refractivity contribution in [2.45, 2.75) is 6.04 Å². The second-order valence-electron chi connectivity index (χ2n) is 7.33. The van der Waals surface area contributed by atoms with Crippen LogP contribution in [0.25, 0.3) is 5.76 Å². The summed E-state index contributed by atoms with van der Waals surface area (Å²) >= 11 is 24.6. The molecule has 1 saturated heterocycles. The Kier molecular flexibility index (Phi) is 6.69. The number of phenolic OH excluding ortho intramolecular Hbond substituents is 1. The van der Waals surface area contributed by atoms with Crippen LogP contribution in [0.15, 0.2) is 60.2 Å². The number of benzene rings is 3. The minimum Gasteiger partial charge on any atom is -0.508 e. The van der Waals surface area contributed by atoms with Gasteiger partial charge in [0.1, 0.15) is 11.5 Å². The lowest BCUT2D eigenvalue weighted by atomic mass is 9.95. The van der Waals surface area contributed by atoms with Gasteiger partial charge in [0, 0.05) is 11.3 Å². The van der Waals surface area contributed by atoms with Crippen LogP contribution in [0.4, 0.5) is 5.69 Å². The minimum absolute atomic E-state index is 0.0102. The van der Waals surface area contributed by atoms with Crippen molar-refractivity contribution in [3.8, 4) is 11.5 Å². The molecular formula is C24H15Cl4NO5. The van der Waals surface area contributed by atoms with Crippen molar-refractivity contribution in [3.63, 3.8) is 0 Å². The Morgan fingerprint density at radius 3 is 2.06 bits per heavy atom. The molecule has 1 atom stereocenters. The molecule has 0 bridgehead atoms. The molecule has 1 unspecified atom stereocenters. The third-order valence-electron chi connectivity index (χ3n) is 5.31. The molecule has 174 valence electrons. The SMILES string of the molecule is COc1c(Cl)cc(/C(O)=C2\C(=O)C(=O)N(c3ccc(Cl)c(Cl)c3)C2c2ccc(O)cc2)cc1Cl. The second-order valence-corrected chi connectivity index (χ2v) is 8.96. The maximum Gasteiger partial charge on any atom is 0.300 e. The molecule has 2 N–H and O–H groups in total. The monoisotopic (exact) mass is 537 g/mol. The molecule has 0 aromatic heterocycles. The van der Waals surface area contributed by atoms with Gasteiger partial charge in [-0.3, -0.25) is 14.5 Å². The molecule has 0 saturated carbocycles. The zero-order valence-electron chi connectivity index (χ0n) is 17.4. The summed E-state index contributed by atoms with van der Waals surface area (Å²) in [5.41, 5.74) is 0.667. The first-order valence-corrected chi connectivity index (χ1v) is 11.2. The lowest BCUT2D eigenvalue weighted by molar-refractivity contribution is -0.132. The Labute approximate surface area is 214 Å². The van der Waals surface area contributed by atoms with Crippen LogP contribution in [0, 0.1) is 0 Å². The van der Waals surface area contributed by atoms with Crippen molar-refractivity contribution in [1.29, 1.82) is 0 Å². The van der Waals surface area contributed by atoms with Gasteiger partial charge in [0.05, 0.1) is 38.8 Å². The van der Waals surface area contributed by atoms with Crippen LogP contribution in [0.1, 0.15) is 17.2 Å². The van der Waals surface area contributed by atoms with Gasteiger partial charge in [-0.15, -0.1) is 0 Å². The van der Waals surface area contributed by atoms with Gasteiger partial charge >= 0.3 is 0 Å². The minimum atomic E-state index is -1.04. The average molecular weight is 539 g/mol. The molecule has 3 aromatic rings. The molecule has 0 aliphatic carbocycles. The van der Waals surface area contributed by atoms with E-state index in [9.17, 15) is 19.8 Å². The molecule has 34 heavy (non-hydrogen) atoms. The smallest absolute Gasteiger partial charge is 0.300 e. The molecule has 3 aromatic carbocycles. The van der Waals surface area contributed by atoms with E-state index in [2.05, 4.69) is 0 Å². The predicted molar refractivity (Wildman–Crippen MR) is 132 cm³/mol. The van der Waals surface area contributed by atoms with E-state index in [1.807, 2.05) is 0 Å². The van der Waals surface area contributed by atoms with Gasteiger partial charge < -0.3 is 14.9 Å². The van der Waals surface area contributed by atoms with E-state index in [0.29, 0.717) is 11.3 Å². The predicted octanol–water partition coefficient (Wildman–Crippen LogP) is 6.64. The van der Waals surface area contributed by atoms with Crippen molar-refractivity contribution < 1.29 is 24.5 Å².